The molecule has 78 valence electrons. The number of benzene rings is 1. The monoisotopic (exact) mass is 201 g/mol. The van der Waals surface area contributed by atoms with Crippen molar-refractivity contribution in [3.05, 3.63) is 23.8 Å². The first-order valence-corrected chi connectivity index (χ1v) is 5.05. The Balaban J connectivity index is 2.47. The fourth-order valence-corrected chi connectivity index (χ4v) is 2.12. The van der Waals surface area contributed by atoms with Crippen molar-refractivity contribution in [2.75, 3.05) is 23.8 Å². The second kappa shape index (κ2) is 3.16. The van der Waals surface area contributed by atoms with Crippen molar-refractivity contribution in [1.29, 1.82) is 5.26 Å². The van der Waals surface area contributed by atoms with Crippen molar-refractivity contribution in [2.24, 2.45) is 0 Å². The summed E-state index contributed by atoms with van der Waals surface area (Å²) in [6, 6.07) is 7.92. The molecule has 1 aliphatic rings. The van der Waals surface area contributed by atoms with Crippen LogP contribution in [0.5, 0.6) is 0 Å². The molecule has 1 aliphatic heterocycles. The zero-order valence-electron chi connectivity index (χ0n) is 9.33. The molecule has 0 bridgehead atoms. The molecule has 0 fully saturated rings. The molecule has 3 heteroatoms. The van der Waals surface area contributed by atoms with Crippen LogP contribution in [0.2, 0.25) is 0 Å². The third-order valence-electron chi connectivity index (χ3n) is 2.64. The van der Waals surface area contributed by atoms with Gasteiger partial charge in [-0.05, 0) is 32.0 Å². The minimum Gasteiger partial charge on any atom is -0.377 e. The van der Waals surface area contributed by atoms with Crippen LogP contribution in [-0.4, -0.2) is 19.1 Å². The smallest absolute Gasteiger partial charge is 0.0992 e. The molecular formula is C12H15N3. The Morgan fingerprint density at radius 2 is 2.20 bits per heavy atom. The molecule has 1 aromatic carbocycles. The van der Waals surface area contributed by atoms with Gasteiger partial charge in [-0.25, -0.2) is 0 Å². The Morgan fingerprint density at radius 3 is 2.87 bits per heavy atom. The average Bonchev–Trinajstić information content (AvgIpc) is 2.14. The number of fused-ring (bicyclic) bond motifs is 1. The van der Waals surface area contributed by atoms with Crippen LogP contribution in [0, 0.1) is 11.3 Å². The van der Waals surface area contributed by atoms with Crippen LogP contribution in [0.4, 0.5) is 11.4 Å². The summed E-state index contributed by atoms with van der Waals surface area (Å²) in [5.41, 5.74) is 2.96. The van der Waals surface area contributed by atoms with Gasteiger partial charge < -0.3 is 10.2 Å². The van der Waals surface area contributed by atoms with Crippen LogP contribution in [0.25, 0.3) is 0 Å². The van der Waals surface area contributed by atoms with Crippen LogP contribution >= 0.6 is 0 Å². The van der Waals surface area contributed by atoms with E-state index in [1.807, 2.05) is 18.2 Å². The molecule has 0 unspecified atom stereocenters. The first-order chi connectivity index (χ1) is 7.02. The lowest BCUT2D eigenvalue weighted by atomic mass is 9.99. The summed E-state index contributed by atoms with van der Waals surface area (Å²) in [6.45, 7) is 5.28. The Morgan fingerprint density at radius 1 is 1.47 bits per heavy atom. The minimum absolute atomic E-state index is 0.0514. The third kappa shape index (κ3) is 1.75. The topological polar surface area (TPSA) is 39.1 Å². The first kappa shape index (κ1) is 9.85. The molecule has 1 aromatic rings. The minimum atomic E-state index is 0.0514. The van der Waals surface area contributed by atoms with E-state index in [0.29, 0.717) is 5.56 Å². The molecule has 1 N–H and O–H groups in total. The van der Waals surface area contributed by atoms with Gasteiger partial charge in [0.05, 0.1) is 23.0 Å². The van der Waals surface area contributed by atoms with E-state index >= 15 is 0 Å². The highest BCUT2D eigenvalue weighted by Crippen LogP contribution is 2.33. The number of anilines is 2. The van der Waals surface area contributed by atoms with Gasteiger partial charge >= 0.3 is 0 Å². The van der Waals surface area contributed by atoms with Gasteiger partial charge in [0.25, 0.3) is 0 Å². The number of hydrogen-bond donors (Lipinski definition) is 1. The van der Waals surface area contributed by atoms with Crippen molar-refractivity contribution in [3.8, 4) is 6.07 Å². The predicted octanol–water partition coefficient (Wildman–Crippen LogP) is 2.20. The van der Waals surface area contributed by atoms with Crippen LogP contribution in [-0.2, 0) is 0 Å². The van der Waals surface area contributed by atoms with Gasteiger partial charge in [0, 0.05) is 19.1 Å². The van der Waals surface area contributed by atoms with Gasteiger partial charge in [-0.3, -0.25) is 0 Å². The summed E-state index contributed by atoms with van der Waals surface area (Å²) in [4.78, 5) is 2.22. The second-order valence-corrected chi connectivity index (χ2v) is 4.71. The maximum atomic E-state index is 8.84. The number of nitrogens with zero attached hydrogens (tertiary/aromatic N) is 2. The van der Waals surface area contributed by atoms with E-state index in [0.717, 1.165) is 17.9 Å². The summed E-state index contributed by atoms with van der Waals surface area (Å²) in [6.07, 6.45) is 0. The van der Waals surface area contributed by atoms with E-state index in [1.165, 1.54) is 0 Å². The molecule has 15 heavy (non-hydrogen) atoms. The molecule has 3 nitrogen and oxygen atoms in total. The van der Waals surface area contributed by atoms with Crippen molar-refractivity contribution in [3.63, 3.8) is 0 Å². The standard InChI is InChI=1S/C12H15N3/c1-12(2)8-15(3)11-5-4-9(7-13)6-10(11)14-12/h4-6,14H,8H2,1-3H3. The van der Waals surface area contributed by atoms with E-state index in [1.54, 1.807) is 0 Å². The van der Waals surface area contributed by atoms with Crippen LogP contribution in [0.15, 0.2) is 18.2 Å². The van der Waals surface area contributed by atoms with Crippen LogP contribution in [0.1, 0.15) is 19.4 Å². The van der Waals surface area contributed by atoms with Crippen molar-refractivity contribution in [1.82, 2.24) is 0 Å². The summed E-state index contributed by atoms with van der Waals surface area (Å²) >= 11 is 0. The average molecular weight is 201 g/mol. The van der Waals surface area contributed by atoms with E-state index in [-0.39, 0.29) is 5.54 Å². The second-order valence-electron chi connectivity index (χ2n) is 4.71. The number of likely N-dealkylation sites (N-methyl/N-ethyl adjacent to an activating group) is 1. The molecule has 0 spiro atoms. The van der Waals surface area contributed by atoms with Gasteiger partial charge in [0.2, 0.25) is 0 Å². The molecular weight excluding hydrogens is 186 g/mol. The number of hydrogen-bond acceptors (Lipinski definition) is 3. The van der Waals surface area contributed by atoms with Gasteiger partial charge in [-0.1, -0.05) is 0 Å². The van der Waals surface area contributed by atoms with Gasteiger partial charge in [0.1, 0.15) is 0 Å². The fourth-order valence-electron chi connectivity index (χ4n) is 2.12. The lowest BCUT2D eigenvalue weighted by Gasteiger charge is -2.40. The quantitative estimate of drug-likeness (QED) is 0.699. The predicted molar refractivity (Wildman–Crippen MR) is 62.1 cm³/mol. The number of nitriles is 1. The van der Waals surface area contributed by atoms with Crippen molar-refractivity contribution < 1.29 is 0 Å². The Bertz CT molecular complexity index is 429. The zero-order valence-corrected chi connectivity index (χ0v) is 9.33. The Kier molecular flexibility index (Phi) is 2.08. The molecule has 0 aliphatic carbocycles. The van der Waals surface area contributed by atoms with Gasteiger partial charge in [0.15, 0.2) is 0 Å². The molecule has 0 saturated heterocycles. The van der Waals surface area contributed by atoms with Crippen molar-refractivity contribution in [2.45, 2.75) is 19.4 Å². The van der Waals surface area contributed by atoms with Crippen LogP contribution < -0.4 is 10.2 Å². The summed E-state index contributed by atoms with van der Waals surface area (Å²) < 4.78 is 0. The summed E-state index contributed by atoms with van der Waals surface area (Å²) in [7, 11) is 2.08. The molecule has 0 saturated carbocycles. The molecule has 0 amide bonds. The SMILES string of the molecule is CN1CC(C)(C)Nc2cc(C#N)ccc21. The van der Waals surface area contributed by atoms with E-state index in [9.17, 15) is 0 Å². The molecule has 1 heterocycles. The number of nitrogens with one attached hydrogen (secondary N) is 1. The maximum absolute atomic E-state index is 8.84. The highest BCUT2D eigenvalue weighted by molar-refractivity contribution is 5.74. The highest BCUT2D eigenvalue weighted by Gasteiger charge is 2.27. The highest BCUT2D eigenvalue weighted by atomic mass is 15.2. The normalized spacial score (nSPS) is 17.6. The van der Waals surface area contributed by atoms with Crippen LogP contribution in [0.3, 0.4) is 0 Å². The molecule has 0 atom stereocenters. The van der Waals surface area contributed by atoms with E-state index in [4.69, 9.17) is 5.26 Å². The Labute approximate surface area is 90.3 Å². The van der Waals surface area contributed by atoms with Gasteiger partial charge in [-0.2, -0.15) is 5.26 Å². The molecule has 2 rings (SSSR count). The first-order valence-electron chi connectivity index (χ1n) is 5.05. The Hall–Kier alpha value is -1.69. The lowest BCUT2D eigenvalue weighted by Crippen LogP contribution is -2.46. The lowest BCUT2D eigenvalue weighted by molar-refractivity contribution is 0.550. The largest absolute Gasteiger partial charge is 0.377 e. The van der Waals surface area contributed by atoms with Crippen molar-refractivity contribution >= 4 is 11.4 Å². The third-order valence-corrected chi connectivity index (χ3v) is 2.64. The zero-order chi connectivity index (χ0) is 11.1. The molecule has 0 aromatic heterocycles. The summed E-state index contributed by atoms with van der Waals surface area (Å²) in [5.74, 6) is 0. The fraction of sp³-hybridized carbons (Fsp3) is 0.417. The maximum Gasteiger partial charge on any atom is 0.0992 e. The number of rotatable bonds is 0. The van der Waals surface area contributed by atoms with E-state index in [2.05, 4.69) is 37.2 Å². The summed E-state index contributed by atoms with van der Waals surface area (Å²) in [5, 5.41) is 12.3. The van der Waals surface area contributed by atoms with Gasteiger partial charge in [-0.15, -0.1) is 0 Å². The van der Waals surface area contributed by atoms with E-state index < -0.39 is 0 Å². The molecule has 0 radical (unpaired) electrons.